The van der Waals surface area contributed by atoms with Crippen LogP contribution in [0.2, 0.25) is 10.0 Å². The van der Waals surface area contributed by atoms with Crippen LogP contribution >= 0.6 is 35.6 Å². The number of rotatable bonds is 7. The summed E-state index contributed by atoms with van der Waals surface area (Å²) in [6.45, 7) is 1.21. The van der Waals surface area contributed by atoms with E-state index in [4.69, 9.17) is 23.2 Å². The van der Waals surface area contributed by atoms with Crippen molar-refractivity contribution in [2.75, 3.05) is 18.9 Å². The van der Waals surface area contributed by atoms with Gasteiger partial charge in [0.15, 0.2) is 0 Å². The molecule has 2 N–H and O–H groups in total. The van der Waals surface area contributed by atoms with E-state index in [-0.39, 0.29) is 18.3 Å². The zero-order valence-corrected chi connectivity index (χ0v) is 15.0. The minimum atomic E-state index is -0.0396. The quantitative estimate of drug-likeness (QED) is 0.725. The van der Waals surface area contributed by atoms with Crippen LogP contribution in [0.15, 0.2) is 30.5 Å². The van der Waals surface area contributed by atoms with Crippen LogP contribution in [-0.2, 0) is 11.3 Å². The third-order valence-corrected chi connectivity index (χ3v) is 3.89. The monoisotopic (exact) mass is 376 g/mol. The van der Waals surface area contributed by atoms with E-state index in [9.17, 15) is 4.79 Å². The second-order valence-electron chi connectivity index (χ2n) is 4.83. The van der Waals surface area contributed by atoms with Gasteiger partial charge in [0.1, 0.15) is 5.82 Å². The first-order valence-electron chi connectivity index (χ1n) is 7.01. The number of amides is 1. The van der Waals surface area contributed by atoms with Crippen molar-refractivity contribution in [1.29, 1.82) is 0 Å². The SMILES string of the molecule is CNCCCC(=O)Nc1ccnn1Cc1c(Cl)cccc1Cl.Cl. The number of carbonyl (C=O) groups excluding carboxylic acids is 1. The van der Waals surface area contributed by atoms with Gasteiger partial charge in [-0.3, -0.25) is 4.79 Å². The molecule has 0 aliphatic rings. The van der Waals surface area contributed by atoms with E-state index >= 15 is 0 Å². The average Bonchev–Trinajstić information content (AvgIpc) is 2.90. The highest BCUT2D eigenvalue weighted by molar-refractivity contribution is 6.35. The van der Waals surface area contributed by atoms with E-state index in [2.05, 4.69) is 15.7 Å². The van der Waals surface area contributed by atoms with Gasteiger partial charge in [-0.2, -0.15) is 5.10 Å². The molecule has 2 rings (SSSR count). The van der Waals surface area contributed by atoms with Crippen molar-refractivity contribution in [3.05, 3.63) is 46.1 Å². The maximum Gasteiger partial charge on any atom is 0.225 e. The van der Waals surface area contributed by atoms with Crippen molar-refractivity contribution >= 4 is 47.3 Å². The lowest BCUT2D eigenvalue weighted by Gasteiger charge is -2.11. The molecule has 0 aliphatic heterocycles. The molecule has 0 fully saturated rings. The highest BCUT2D eigenvalue weighted by Gasteiger charge is 2.11. The van der Waals surface area contributed by atoms with Crippen molar-refractivity contribution in [3.8, 4) is 0 Å². The number of hydrogen-bond donors (Lipinski definition) is 2. The molecule has 0 spiro atoms. The minimum absolute atomic E-state index is 0. The van der Waals surface area contributed by atoms with Crippen LogP contribution in [0.5, 0.6) is 0 Å². The Morgan fingerprint density at radius 3 is 2.61 bits per heavy atom. The number of nitrogens with one attached hydrogen (secondary N) is 2. The molecule has 1 aromatic heterocycles. The topological polar surface area (TPSA) is 59.0 Å². The molecule has 23 heavy (non-hydrogen) atoms. The van der Waals surface area contributed by atoms with Crippen LogP contribution in [0.25, 0.3) is 0 Å². The smallest absolute Gasteiger partial charge is 0.225 e. The van der Waals surface area contributed by atoms with Gasteiger partial charge in [0.25, 0.3) is 0 Å². The summed E-state index contributed by atoms with van der Waals surface area (Å²) in [5.41, 5.74) is 0.778. The van der Waals surface area contributed by atoms with Gasteiger partial charge in [0.05, 0.1) is 12.7 Å². The fourth-order valence-corrected chi connectivity index (χ4v) is 2.55. The van der Waals surface area contributed by atoms with Crippen LogP contribution in [0.4, 0.5) is 5.82 Å². The van der Waals surface area contributed by atoms with Gasteiger partial charge in [-0.25, -0.2) is 4.68 Å². The van der Waals surface area contributed by atoms with Crippen molar-refractivity contribution in [2.24, 2.45) is 0 Å². The van der Waals surface area contributed by atoms with E-state index < -0.39 is 0 Å². The summed E-state index contributed by atoms with van der Waals surface area (Å²) in [6, 6.07) is 7.10. The molecule has 0 radical (unpaired) electrons. The lowest BCUT2D eigenvalue weighted by molar-refractivity contribution is -0.116. The molecule has 5 nitrogen and oxygen atoms in total. The molecular weight excluding hydrogens is 359 g/mol. The fraction of sp³-hybridized carbons (Fsp3) is 0.333. The maximum absolute atomic E-state index is 11.9. The van der Waals surface area contributed by atoms with E-state index in [1.54, 1.807) is 35.1 Å². The van der Waals surface area contributed by atoms with Gasteiger partial charge in [-0.15, -0.1) is 12.4 Å². The Labute approximate surface area is 151 Å². The van der Waals surface area contributed by atoms with Crippen LogP contribution < -0.4 is 10.6 Å². The Morgan fingerprint density at radius 1 is 1.26 bits per heavy atom. The van der Waals surface area contributed by atoms with Crippen molar-refractivity contribution in [1.82, 2.24) is 15.1 Å². The first kappa shape index (κ1) is 19.8. The summed E-state index contributed by atoms with van der Waals surface area (Å²) in [5.74, 6) is 0.590. The molecule has 1 aromatic carbocycles. The molecule has 1 heterocycles. The second kappa shape index (κ2) is 9.78. The van der Waals surface area contributed by atoms with Crippen LogP contribution in [0.1, 0.15) is 18.4 Å². The molecule has 0 aliphatic carbocycles. The summed E-state index contributed by atoms with van der Waals surface area (Å²) in [6.07, 6.45) is 2.87. The van der Waals surface area contributed by atoms with Crippen molar-refractivity contribution < 1.29 is 4.79 Å². The summed E-state index contributed by atoms with van der Waals surface area (Å²) in [5, 5.41) is 11.2. The predicted molar refractivity (Wildman–Crippen MR) is 96.8 cm³/mol. The molecule has 1 amide bonds. The lowest BCUT2D eigenvalue weighted by Crippen LogP contribution is -2.18. The number of nitrogens with zero attached hydrogens (tertiary/aromatic N) is 2. The normalized spacial score (nSPS) is 10.2. The first-order valence-corrected chi connectivity index (χ1v) is 7.76. The van der Waals surface area contributed by atoms with E-state index in [0.717, 1.165) is 18.5 Å². The van der Waals surface area contributed by atoms with E-state index in [0.29, 0.717) is 28.8 Å². The van der Waals surface area contributed by atoms with Gasteiger partial charge < -0.3 is 10.6 Å². The highest BCUT2D eigenvalue weighted by atomic mass is 35.5. The zero-order chi connectivity index (χ0) is 15.9. The Hall–Kier alpha value is -1.27. The number of anilines is 1. The number of benzene rings is 1. The number of halogens is 3. The Morgan fingerprint density at radius 2 is 1.96 bits per heavy atom. The average molecular weight is 378 g/mol. The minimum Gasteiger partial charge on any atom is -0.320 e. The van der Waals surface area contributed by atoms with Crippen molar-refractivity contribution in [3.63, 3.8) is 0 Å². The zero-order valence-electron chi connectivity index (χ0n) is 12.7. The standard InChI is InChI=1S/C15H18Cl2N4O.ClH/c1-18-8-3-6-15(22)20-14-7-9-19-21(14)10-11-12(16)4-2-5-13(11)17;/h2,4-5,7,9,18H,3,6,8,10H2,1H3,(H,20,22);1H. The third kappa shape index (κ3) is 5.70. The molecule has 8 heteroatoms. The molecule has 0 atom stereocenters. The first-order chi connectivity index (χ1) is 10.6. The molecule has 2 aromatic rings. The van der Waals surface area contributed by atoms with Gasteiger partial charge in [0, 0.05) is 28.1 Å². The summed E-state index contributed by atoms with van der Waals surface area (Å²) in [4.78, 5) is 11.9. The largest absolute Gasteiger partial charge is 0.320 e. The molecule has 0 saturated carbocycles. The van der Waals surface area contributed by atoms with Gasteiger partial charge >= 0.3 is 0 Å². The Balaban J connectivity index is 0.00000264. The number of hydrogen-bond acceptors (Lipinski definition) is 3. The van der Waals surface area contributed by atoms with Crippen LogP contribution in [0, 0.1) is 0 Å². The fourth-order valence-electron chi connectivity index (χ4n) is 2.03. The Bertz CT molecular complexity index is 625. The molecule has 0 unspecified atom stereocenters. The Kier molecular flexibility index (Phi) is 8.41. The maximum atomic E-state index is 11.9. The predicted octanol–water partition coefficient (Wildman–Crippen LogP) is 3.60. The molecule has 0 bridgehead atoms. The summed E-state index contributed by atoms with van der Waals surface area (Å²) >= 11 is 12.3. The van der Waals surface area contributed by atoms with Gasteiger partial charge in [0.2, 0.25) is 5.91 Å². The second-order valence-corrected chi connectivity index (χ2v) is 5.64. The van der Waals surface area contributed by atoms with Crippen LogP contribution in [0.3, 0.4) is 0 Å². The third-order valence-electron chi connectivity index (χ3n) is 3.18. The number of aromatic nitrogens is 2. The lowest BCUT2D eigenvalue weighted by atomic mass is 10.2. The van der Waals surface area contributed by atoms with Gasteiger partial charge in [-0.05, 0) is 32.1 Å². The summed E-state index contributed by atoms with van der Waals surface area (Å²) in [7, 11) is 1.86. The summed E-state index contributed by atoms with van der Waals surface area (Å²) < 4.78 is 1.67. The van der Waals surface area contributed by atoms with E-state index in [1.165, 1.54) is 0 Å². The van der Waals surface area contributed by atoms with Crippen molar-refractivity contribution in [2.45, 2.75) is 19.4 Å². The molecule has 0 saturated heterocycles. The number of carbonyl (C=O) groups is 1. The highest BCUT2D eigenvalue weighted by Crippen LogP contribution is 2.25. The van der Waals surface area contributed by atoms with Gasteiger partial charge in [-0.1, -0.05) is 29.3 Å². The van der Waals surface area contributed by atoms with E-state index in [1.807, 2.05) is 7.05 Å². The molecular formula is C15H19Cl3N4O. The van der Waals surface area contributed by atoms with Crippen LogP contribution in [-0.4, -0.2) is 29.3 Å². The molecule has 126 valence electrons.